The summed E-state index contributed by atoms with van der Waals surface area (Å²) < 4.78 is 13.2. The van der Waals surface area contributed by atoms with Crippen molar-refractivity contribution in [3.05, 3.63) is 76.1 Å². The fraction of sp³-hybridized carbons (Fsp3) is 0.391. The first-order valence-corrected chi connectivity index (χ1v) is 10.6. The largest absolute Gasteiger partial charge is 0.382 e. The van der Waals surface area contributed by atoms with E-state index >= 15 is 0 Å². The van der Waals surface area contributed by atoms with Gasteiger partial charge in [-0.15, -0.1) is 10.2 Å². The molecule has 7 heteroatoms. The number of anilines is 1. The minimum absolute atomic E-state index is 0.184. The maximum atomic E-state index is 6.40. The predicted molar refractivity (Wildman–Crippen MR) is 118 cm³/mol. The van der Waals surface area contributed by atoms with E-state index in [4.69, 9.17) is 21.1 Å². The molecule has 30 heavy (non-hydrogen) atoms. The molecule has 0 saturated carbocycles. The highest BCUT2D eigenvalue weighted by Crippen LogP contribution is 2.30. The second-order valence-corrected chi connectivity index (χ2v) is 7.89. The van der Waals surface area contributed by atoms with E-state index in [-0.39, 0.29) is 6.10 Å². The van der Waals surface area contributed by atoms with Crippen LogP contribution < -0.4 is 4.90 Å². The molecule has 0 radical (unpaired) electrons. The Labute approximate surface area is 182 Å². The highest BCUT2D eigenvalue weighted by Gasteiger charge is 2.26. The number of hydrogen-bond acceptors (Lipinski definition) is 5. The fourth-order valence-corrected chi connectivity index (χ4v) is 4.16. The van der Waals surface area contributed by atoms with Crippen LogP contribution in [-0.4, -0.2) is 41.6 Å². The topological polar surface area (TPSA) is 52.4 Å². The molecule has 6 nitrogen and oxygen atoms in total. The van der Waals surface area contributed by atoms with Crippen molar-refractivity contribution in [1.29, 1.82) is 0 Å². The number of hydrogen-bond donors (Lipinski definition) is 0. The van der Waals surface area contributed by atoms with Gasteiger partial charge in [0.05, 0.1) is 19.8 Å². The summed E-state index contributed by atoms with van der Waals surface area (Å²) in [6.07, 6.45) is 0.708. The van der Waals surface area contributed by atoms with Gasteiger partial charge in [0.2, 0.25) is 5.95 Å². The molecule has 4 rings (SSSR count). The third kappa shape index (κ3) is 4.51. The quantitative estimate of drug-likeness (QED) is 0.503. The molecule has 1 unspecified atom stereocenters. The van der Waals surface area contributed by atoms with Crippen molar-refractivity contribution in [2.45, 2.75) is 32.5 Å². The molecule has 0 aliphatic carbocycles. The Bertz CT molecular complexity index is 977. The Morgan fingerprint density at radius 2 is 1.90 bits per heavy atom. The summed E-state index contributed by atoms with van der Waals surface area (Å²) in [6, 6.07) is 16.5. The summed E-state index contributed by atoms with van der Waals surface area (Å²) >= 11 is 6.40. The molecular formula is C23H27ClN4O2. The smallest absolute Gasteiger partial charge is 0.227 e. The van der Waals surface area contributed by atoms with Crippen LogP contribution in [0.4, 0.5) is 5.95 Å². The predicted octanol–water partition coefficient (Wildman–Crippen LogP) is 4.27. The molecule has 0 amide bonds. The second kappa shape index (κ2) is 9.60. The lowest BCUT2D eigenvalue weighted by molar-refractivity contribution is 0.0199. The molecule has 2 heterocycles. The van der Waals surface area contributed by atoms with Crippen LogP contribution in [-0.2, 0) is 29.0 Å². The van der Waals surface area contributed by atoms with E-state index < -0.39 is 0 Å². The molecule has 0 saturated heterocycles. The normalized spacial score (nSPS) is 14.6. The number of methoxy groups -OCH3 is 1. The van der Waals surface area contributed by atoms with E-state index in [2.05, 4.69) is 50.0 Å². The van der Waals surface area contributed by atoms with E-state index in [9.17, 15) is 0 Å². The highest BCUT2D eigenvalue weighted by atomic mass is 35.5. The van der Waals surface area contributed by atoms with Gasteiger partial charge in [-0.25, -0.2) is 0 Å². The van der Waals surface area contributed by atoms with Gasteiger partial charge in [0.15, 0.2) is 5.82 Å². The summed E-state index contributed by atoms with van der Waals surface area (Å²) in [7, 11) is 1.67. The van der Waals surface area contributed by atoms with E-state index in [1.165, 1.54) is 16.7 Å². The summed E-state index contributed by atoms with van der Waals surface area (Å²) in [5.41, 5.74) is 3.68. The molecule has 1 aliphatic heterocycles. The molecule has 0 N–H and O–H groups in total. The first-order chi connectivity index (χ1) is 14.7. The summed E-state index contributed by atoms with van der Waals surface area (Å²) in [5.74, 6) is 1.68. The third-order valence-electron chi connectivity index (χ3n) is 5.45. The van der Waals surface area contributed by atoms with Gasteiger partial charge in [-0.1, -0.05) is 54.1 Å². The lowest BCUT2D eigenvalue weighted by Gasteiger charge is -2.30. The van der Waals surface area contributed by atoms with Crippen molar-refractivity contribution in [1.82, 2.24) is 14.8 Å². The zero-order chi connectivity index (χ0) is 20.9. The number of fused-ring (bicyclic) bond motifs is 1. The molecule has 1 atom stereocenters. The Morgan fingerprint density at radius 3 is 2.70 bits per heavy atom. The molecule has 0 bridgehead atoms. The Balaban J connectivity index is 1.64. The number of ether oxygens (including phenoxy) is 2. The summed E-state index contributed by atoms with van der Waals surface area (Å²) in [6.45, 7) is 5.38. The van der Waals surface area contributed by atoms with E-state index in [0.717, 1.165) is 36.3 Å². The lowest BCUT2D eigenvalue weighted by atomic mass is 10.00. The van der Waals surface area contributed by atoms with Crippen molar-refractivity contribution < 1.29 is 9.47 Å². The zero-order valence-electron chi connectivity index (χ0n) is 17.4. The van der Waals surface area contributed by atoms with Crippen molar-refractivity contribution in [3.63, 3.8) is 0 Å². The van der Waals surface area contributed by atoms with Crippen molar-refractivity contribution in [2.24, 2.45) is 0 Å². The molecule has 0 spiro atoms. The fourth-order valence-electron chi connectivity index (χ4n) is 3.88. The Hall–Kier alpha value is -2.41. The molecular weight excluding hydrogens is 400 g/mol. The first-order valence-electron chi connectivity index (χ1n) is 10.3. The molecule has 158 valence electrons. The van der Waals surface area contributed by atoms with Crippen molar-refractivity contribution >= 4 is 17.5 Å². The number of benzene rings is 2. The Morgan fingerprint density at radius 1 is 1.07 bits per heavy atom. The van der Waals surface area contributed by atoms with Gasteiger partial charge >= 0.3 is 0 Å². The van der Waals surface area contributed by atoms with Gasteiger partial charge in [-0.2, -0.15) is 0 Å². The lowest BCUT2D eigenvalue weighted by Crippen LogP contribution is -2.33. The van der Waals surface area contributed by atoms with Gasteiger partial charge in [0.1, 0.15) is 6.10 Å². The summed E-state index contributed by atoms with van der Waals surface area (Å²) in [4.78, 5) is 2.28. The number of nitrogens with zero attached hydrogens (tertiary/aromatic N) is 4. The maximum Gasteiger partial charge on any atom is 0.227 e. The van der Waals surface area contributed by atoms with Crippen LogP contribution in [0.25, 0.3) is 0 Å². The molecule has 0 fully saturated rings. The molecule has 1 aromatic heterocycles. The third-order valence-corrected chi connectivity index (χ3v) is 5.81. The van der Waals surface area contributed by atoms with Crippen LogP contribution in [0.5, 0.6) is 0 Å². The van der Waals surface area contributed by atoms with Crippen LogP contribution in [0.3, 0.4) is 0 Å². The van der Waals surface area contributed by atoms with Crippen molar-refractivity contribution in [3.8, 4) is 0 Å². The molecule has 2 aromatic carbocycles. The Kier molecular flexibility index (Phi) is 6.67. The van der Waals surface area contributed by atoms with E-state index in [0.29, 0.717) is 19.8 Å². The van der Waals surface area contributed by atoms with Gasteiger partial charge in [0.25, 0.3) is 0 Å². The van der Waals surface area contributed by atoms with Gasteiger partial charge in [0, 0.05) is 25.2 Å². The number of aromatic nitrogens is 3. The summed E-state index contributed by atoms with van der Waals surface area (Å²) in [5, 5.41) is 9.94. The standard InChI is InChI=1S/C23H27ClN4O2/c1-17(30-14-13-29-2)22-25-26-23(28(22)15-18-7-4-3-5-8-18)27-12-11-20-19(16-27)9-6-10-21(20)24/h3-10,17H,11-16H2,1-2H3. The molecule has 3 aromatic rings. The van der Waals surface area contributed by atoms with Crippen molar-refractivity contribution in [2.75, 3.05) is 31.8 Å². The maximum absolute atomic E-state index is 6.40. The average Bonchev–Trinajstić information content (AvgIpc) is 3.18. The zero-order valence-corrected chi connectivity index (χ0v) is 18.2. The SMILES string of the molecule is COCCOC(C)c1nnc(N2CCc3c(Cl)cccc3C2)n1Cc1ccccc1. The number of halogens is 1. The van der Waals surface area contributed by atoms with Gasteiger partial charge < -0.3 is 14.4 Å². The van der Waals surface area contributed by atoms with Gasteiger partial charge in [-0.3, -0.25) is 4.57 Å². The average molecular weight is 427 g/mol. The van der Waals surface area contributed by atoms with Crippen LogP contribution in [0.1, 0.15) is 35.5 Å². The minimum Gasteiger partial charge on any atom is -0.382 e. The highest BCUT2D eigenvalue weighted by molar-refractivity contribution is 6.31. The first kappa shape index (κ1) is 20.8. The minimum atomic E-state index is -0.184. The van der Waals surface area contributed by atoms with E-state index in [1.54, 1.807) is 7.11 Å². The van der Waals surface area contributed by atoms with Crippen LogP contribution >= 0.6 is 11.6 Å². The molecule has 1 aliphatic rings. The van der Waals surface area contributed by atoms with Gasteiger partial charge in [-0.05, 0) is 36.1 Å². The van der Waals surface area contributed by atoms with Crippen LogP contribution in [0.15, 0.2) is 48.5 Å². The van der Waals surface area contributed by atoms with Crippen LogP contribution in [0, 0.1) is 0 Å². The van der Waals surface area contributed by atoms with E-state index in [1.807, 2.05) is 25.1 Å². The van der Waals surface area contributed by atoms with Crippen LogP contribution in [0.2, 0.25) is 5.02 Å². The monoisotopic (exact) mass is 426 g/mol. The number of rotatable bonds is 8. The second-order valence-electron chi connectivity index (χ2n) is 7.48.